The van der Waals surface area contributed by atoms with Crippen LogP contribution in [0.3, 0.4) is 0 Å². The van der Waals surface area contributed by atoms with Crippen LogP contribution in [0.5, 0.6) is 0 Å². The molecule has 0 bridgehead atoms. The van der Waals surface area contributed by atoms with Gasteiger partial charge in [0.05, 0.1) is 5.69 Å². The van der Waals surface area contributed by atoms with Crippen LogP contribution in [0.4, 0.5) is 5.69 Å². The fourth-order valence-corrected chi connectivity index (χ4v) is 4.19. The summed E-state index contributed by atoms with van der Waals surface area (Å²) in [6.07, 6.45) is -3.15. The number of anilines is 1. The zero-order valence-corrected chi connectivity index (χ0v) is 19.3. The normalized spacial score (nSPS) is 21.2. The Hall–Kier alpha value is -1.91. The number of amides is 2. The third-order valence-electron chi connectivity index (χ3n) is 4.89. The molecule has 1 heterocycles. The number of hydrogen-bond acceptors (Lipinski definition) is 7. The fourth-order valence-electron chi connectivity index (χ4n) is 3.09. The van der Waals surface area contributed by atoms with Crippen LogP contribution in [0.25, 0.3) is 0 Å². The second-order valence-electron chi connectivity index (χ2n) is 8.59. The molecule has 8 nitrogen and oxygen atoms in total. The van der Waals surface area contributed by atoms with E-state index in [0.717, 1.165) is 10.6 Å². The van der Waals surface area contributed by atoms with Gasteiger partial charge < -0.3 is 30.3 Å². The van der Waals surface area contributed by atoms with E-state index in [0.29, 0.717) is 5.75 Å². The third kappa shape index (κ3) is 6.54. The van der Waals surface area contributed by atoms with Crippen LogP contribution in [0.2, 0.25) is 0 Å². The molecule has 1 aromatic rings. The lowest BCUT2D eigenvalue weighted by Crippen LogP contribution is -2.56. The van der Waals surface area contributed by atoms with Gasteiger partial charge in [-0.2, -0.15) is 0 Å². The van der Waals surface area contributed by atoms with E-state index in [1.807, 2.05) is 45.0 Å². The summed E-state index contributed by atoms with van der Waals surface area (Å²) in [5.41, 5.74) is 0.520. The van der Waals surface area contributed by atoms with Crippen molar-refractivity contribution in [3.8, 4) is 0 Å². The number of carbonyl (C=O) groups is 2. The van der Waals surface area contributed by atoms with Crippen molar-refractivity contribution < 1.29 is 29.6 Å². The average molecular weight is 453 g/mol. The minimum atomic E-state index is -1.70. The number of allylic oxidation sites excluding steroid dienone is 1. The summed E-state index contributed by atoms with van der Waals surface area (Å²) in [5.74, 6) is -0.749. The predicted octanol–water partition coefficient (Wildman–Crippen LogP) is 0.940. The molecule has 1 aromatic carbocycles. The summed E-state index contributed by atoms with van der Waals surface area (Å²) in [6.45, 7) is 5.75. The summed E-state index contributed by atoms with van der Waals surface area (Å²) in [7, 11) is 2.85. The number of carbonyl (C=O) groups excluding carboxylic acids is 2. The molecular weight excluding hydrogens is 420 g/mol. The second-order valence-corrected chi connectivity index (χ2v) is 9.65. The zero-order chi connectivity index (χ0) is 23.3. The minimum absolute atomic E-state index is 0.231. The van der Waals surface area contributed by atoms with E-state index < -0.39 is 36.4 Å². The summed E-state index contributed by atoms with van der Waals surface area (Å²) in [5, 5.41) is 33.5. The summed E-state index contributed by atoms with van der Waals surface area (Å²) in [4.78, 5) is 28.0. The molecule has 0 fully saturated rings. The molecule has 0 aromatic heterocycles. The first-order valence-electron chi connectivity index (χ1n) is 10.0. The number of rotatable bonds is 7. The maximum Gasteiger partial charge on any atom is 0.252 e. The van der Waals surface area contributed by atoms with Crippen LogP contribution >= 0.6 is 11.8 Å². The smallest absolute Gasteiger partial charge is 0.252 e. The van der Waals surface area contributed by atoms with E-state index in [4.69, 9.17) is 4.74 Å². The van der Waals surface area contributed by atoms with Crippen LogP contribution in [0.1, 0.15) is 20.8 Å². The Morgan fingerprint density at radius 2 is 1.90 bits per heavy atom. The topological polar surface area (TPSA) is 119 Å². The summed E-state index contributed by atoms with van der Waals surface area (Å²) >= 11 is 1.44. The molecular formula is C22H32N2O6S. The van der Waals surface area contributed by atoms with Crippen molar-refractivity contribution in [2.75, 3.05) is 24.8 Å². The highest BCUT2D eigenvalue weighted by atomic mass is 32.2. The van der Waals surface area contributed by atoms with Gasteiger partial charge in [-0.3, -0.25) is 9.59 Å². The van der Waals surface area contributed by atoms with Gasteiger partial charge in [0, 0.05) is 24.8 Å². The number of nitrogens with zero attached hydrogens (tertiary/aromatic N) is 1. The van der Waals surface area contributed by atoms with Gasteiger partial charge in [0.15, 0.2) is 6.10 Å². The number of aliphatic hydroxyl groups excluding tert-OH is 3. The van der Waals surface area contributed by atoms with E-state index >= 15 is 0 Å². The maximum atomic E-state index is 12.8. The number of hydrogen-bond donors (Lipinski definition) is 4. The molecule has 0 saturated heterocycles. The number of aliphatic hydroxyl groups is 3. The van der Waals surface area contributed by atoms with Gasteiger partial charge in [0.25, 0.3) is 5.91 Å². The molecule has 9 heteroatoms. The second kappa shape index (κ2) is 10.6. The number of fused-ring (bicyclic) bond motifs is 1. The van der Waals surface area contributed by atoms with Crippen LogP contribution in [-0.4, -0.2) is 77.5 Å². The van der Waals surface area contributed by atoms with Gasteiger partial charge in [-0.15, -0.1) is 11.8 Å². The predicted molar refractivity (Wildman–Crippen MR) is 120 cm³/mol. The van der Waals surface area contributed by atoms with Gasteiger partial charge in [-0.05, 0) is 17.5 Å². The van der Waals surface area contributed by atoms with E-state index in [9.17, 15) is 24.9 Å². The Morgan fingerprint density at radius 1 is 1.26 bits per heavy atom. The van der Waals surface area contributed by atoms with Crippen molar-refractivity contribution in [3.63, 3.8) is 0 Å². The Bertz CT molecular complexity index is 809. The Labute approximate surface area is 187 Å². The molecule has 0 unspecified atom stereocenters. The Kier molecular flexibility index (Phi) is 8.67. The molecule has 4 N–H and O–H groups in total. The number of thioether (sulfide) groups is 1. The van der Waals surface area contributed by atoms with E-state index in [1.165, 1.54) is 29.8 Å². The molecule has 31 heavy (non-hydrogen) atoms. The first kappa shape index (κ1) is 25.4. The van der Waals surface area contributed by atoms with Crippen molar-refractivity contribution in [2.45, 2.75) is 56.1 Å². The molecule has 0 saturated carbocycles. The average Bonchev–Trinajstić information content (AvgIpc) is 2.83. The van der Waals surface area contributed by atoms with Crippen molar-refractivity contribution >= 4 is 29.3 Å². The largest absolute Gasteiger partial charge is 0.387 e. The van der Waals surface area contributed by atoms with E-state index in [2.05, 4.69) is 5.32 Å². The highest BCUT2D eigenvalue weighted by Crippen LogP contribution is 2.33. The van der Waals surface area contributed by atoms with Crippen molar-refractivity contribution in [1.29, 1.82) is 0 Å². The van der Waals surface area contributed by atoms with Crippen molar-refractivity contribution in [1.82, 2.24) is 5.32 Å². The molecule has 0 radical (unpaired) electrons. The number of para-hydroxylation sites is 1. The van der Waals surface area contributed by atoms with Crippen LogP contribution in [-0.2, 0) is 14.3 Å². The van der Waals surface area contributed by atoms with E-state index in [-0.39, 0.29) is 11.3 Å². The lowest BCUT2D eigenvalue weighted by Gasteiger charge is -2.29. The van der Waals surface area contributed by atoms with Gasteiger partial charge in [0.2, 0.25) is 5.91 Å². The van der Waals surface area contributed by atoms with E-state index in [1.54, 1.807) is 13.1 Å². The number of benzene rings is 1. The Balaban J connectivity index is 2.08. The highest BCUT2D eigenvalue weighted by Gasteiger charge is 2.38. The molecule has 5 atom stereocenters. The Morgan fingerprint density at radius 3 is 2.52 bits per heavy atom. The molecule has 0 aliphatic carbocycles. The number of methoxy groups -OCH3 is 1. The molecule has 1 aliphatic heterocycles. The van der Waals surface area contributed by atoms with Crippen LogP contribution in [0, 0.1) is 5.41 Å². The molecule has 1 aliphatic rings. The lowest BCUT2D eigenvalue weighted by molar-refractivity contribution is -0.150. The number of nitrogens with one attached hydrogen (secondary N) is 1. The number of ether oxygens (including phenoxy) is 1. The highest BCUT2D eigenvalue weighted by molar-refractivity contribution is 7.99. The third-order valence-corrected chi connectivity index (χ3v) is 6.05. The van der Waals surface area contributed by atoms with Gasteiger partial charge in [-0.25, -0.2) is 0 Å². The fraction of sp³-hybridized carbons (Fsp3) is 0.545. The zero-order valence-electron chi connectivity index (χ0n) is 18.5. The molecule has 2 rings (SSSR count). The van der Waals surface area contributed by atoms with Crippen molar-refractivity contribution in [2.24, 2.45) is 5.41 Å². The summed E-state index contributed by atoms with van der Waals surface area (Å²) in [6, 6.07) is 6.59. The van der Waals surface area contributed by atoms with Crippen LogP contribution < -0.4 is 10.2 Å². The van der Waals surface area contributed by atoms with Crippen molar-refractivity contribution in [3.05, 3.63) is 36.4 Å². The van der Waals surface area contributed by atoms with Gasteiger partial charge in [-0.1, -0.05) is 45.1 Å². The lowest BCUT2D eigenvalue weighted by atomic mass is 9.94. The standard InChI is InChI=1S/C22H32N2O6S/c1-22(2,3)11-10-15(25)17(26)18(27)19(30-5)20(28)23-13-12-31-16-9-7-6-8-14(16)24(4)21(13)29/h6-11,13,15,17-19,25-27H,12H2,1-5H3,(H,23,28)/t13-,15+,17-,18+,19+/m0/s1. The molecule has 172 valence electrons. The first-order chi connectivity index (χ1) is 14.5. The first-order valence-corrected chi connectivity index (χ1v) is 11.0. The quantitative estimate of drug-likeness (QED) is 0.455. The molecule has 0 spiro atoms. The van der Waals surface area contributed by atoms with Gasteiger partial charge in [0.1, 0.15) is 24.4 Å². The number of likely N-dealkylation sites (N-methyl/N-ethyl adjacent to an activating group) is 1. The van der Waals surface area contributed by atoms with Crippen LogP contribution in [0.15, 0.2) is 41.3 Å². The summed E-state index contributed by atoms with van der Waals surface area (Å²) < 4.78 is 5.10. The monoisotopic (exact) mass is 452 g/mol. The maximum absolute atomic E-state index is 12.8. The van der Waals surface area contributed by atoms with Gasteiger partial charge >= 0.3 is 0 Å². The minimum Gasteiger partial charge on any atom is -0.387 e. The molecule has 2 amide bonds. The SMILES string of the molecule is CO[C@@H](C(=O)N[C@H]1CSc2ccccc2N(C)C1=O)[C@H](O)[C@@H](O)[C@H](O)C=CC(C)(C)C.